The fourth-order valence-electron chi connectivity index (χ4n) is 3.43. The van der Waals surface area contributed by atoms with Gasteiger partial charge in [-0.2, -0.15) is 0 Å². The second kappa shape index (κ2) is 8.75. The molecule has 1 atom stereocenters. The molecule has 2 aromatic rings. The molecule has 144 valence electrons. The number of hydrogen-bond acceptors (Lipinski definition) is 5. The molecular formula is C21H27N3O3. The van der Waals surface area contributed by atoms with Crippen LogP contribution < -0.4 is 19.7 Å². The summed E-state index contributed by atoms with van der Waals surface area (Å²) in [5.74, 6) is 2.84. The van der Waals surface area contributed by atoms with Crippen LogP contribution in [0.4, 0.5) is 11.5 Å². The molecule has 3 rings (SSSR count). The van der Waals surface area contributed by atoms with E-state index in [0.29, 0.717) is 23.1 Å². The van der Waals surface area contributed by atoms with Crippen molar-refractivity contribution in [2.45, 2.75) is 26.2 Å². The van der Waals surface area contributed by atoms with Crippen molar-refractivity contribution < 1.29 is 14.3 Å². The summed E-state index contributed by atoms with van der Waals surface area (Å²) < 4.78 is 10.5. The summed E-state index contributed by atoms with van der Waals surface area (Å²) in [4.78, 5) is 19.2. The molecule has 1 aliphatic rings. The van der Waals surface area contributed by atoms with Gasteiger partial charge in [-0.15, -0.1) is 0 Å². The lowest BCUT2D eigenvalue weighted by molar-refractivity contribution is -0.115. The fourth-order valence-corrected chi connectivity index (χ4v) is 3.43. The first-order valence-corrected chi connectivity index (χ1v) is 9.31. The molecule has 2 heterocycles. The number of rotatable bonds is 6. The van der Waals surface area contributed by atoms with Gasteiger partial charge in [-0.25, -0.2) is 4.98 Å². The second-order valence-corrected chi connectivity index (χ2v) is 7.01. The molecule has 27 heavy (non-hydrogen) atoms. The summed E-state index contributed by atoms with van der Waals surface area (Å²) in [7, 11) is 3.17. The Bertz CT molecular complexity index is 777. The molecule has 0 bridgehead atoms. The van der Waals surface area contributed by atoms with E-state index in [1.165, 1.54) is 12.8 Å². The van der Waals surface area contributed by atoms with Crippen molar-refractivity contribution in [3.05, 3.63) is 42.1 Å². The predicted octanol–water partition coefficient (Wildman–Crippen LogP) is 3.52. The number of amides is 1. The van der Waals surface area contributed by atoms with E-state index >= 15 is 0 Å². The molecule has 1 amide bonds. The van der Waals surface area contributed by atoms with Gasteiger partial charge in [0.05, 0.1) is 32.5 Å². The van der Waals surface area contributed by atoms with E-state index in [9.17, 15) is 4.79 Å². The van der Waals surface area contributed by atoms with Crippen LogP contribution in [-0.4, -0.2) is 38.2 Å². The largest absolute Gasteiger partial charge is 0.493 e. The summed E-state index contributed by atoms with van der Waals surface area (Å²) in [6.45, 7) is 4.36. The third kappa shape index (κ3) is 4.90. The number of pyridine rings is 1. The predicted molar refractivity (Wildman–Crippen MR) is 107 cm³/mol. The van der Waals surface area contributed by atoms with E-state index in [1.54, 1.807) is 26.5 Å². The zero-order chi connectivity index (χ0) is 19.2. The van der Waals surface area contributed by atoms with Gasteiger partial charge in [0, 0.05) is 13.1 Å². The highest BCUT2D eigenvalue weighted by Crippen LogP contribution is 2.28. The molecule has 0 radical (unpaired) electrons. The minimum Gasteiger partial charge on any atom is -0.493 e. The van der Waals surface area contributed by atoms with Crippen molar-refractivity contribution in [1.29, 1.82) is 0 Å². The van der Waals surface area contributed by atoms with Gasteiger partial charge >= 0.3 is 0 Å². The summed E-state index contributed by atoms with van der Waals surface area (Å²) in [6.07, 6.45) is 4.46. The highest BCUT2D eigenvalue weighted by Gasteiger charge is 2.17. The minimum atomic E-state index is -0.0941. The Labute approximate surface area is 160 Å². The van der Waals surface area contributed by atoms with Gasteiger partial charge < -0.3 is 19.7 Å². The summed E-state index contributed by atoms with van der Waals surface area (Å²) in [5.41, 5.74) is 1.56. The molecule has 6 nitrogen and oxygen atoms in total. The normalized spacial score (nSPS) is 16.7. The average Bonchev–Trinajstić information content (AvgIpc) is 2.68. The lowest BCUT2D eigenvalue weighted by atomic mass is 10.0. The zero-order valence-electron chi connectivity index (χ0n) is 16.2. The molecule has 6 heteroatoms. The number of carbonyl (C=O) groups excluding carboxylic acids is 1. The smallest absolute Gasteiger partial charge is 0.228 e. The van der Waals surface area contributed by atoms with E-state index in [0.717, 1.165) is 24.5 Å². The zero-order valence-corrected chi connectivity index (χ0v) is 16.2. The molecule has 1 aromatic carbocycles. The first-order chi connectivity index (χ1) is 13.1. The molecule has 1 aliphatic heterocycles. The van der Waals surface area contributed by atoms with E-state index in [1.807, 2.05) is 24.3 Å². The molecule has 1 fully saturated rings. The second-order valence-electron chi connectivity index (χ2n) is 7.01. The molecule has 0 saturated carbocycles. The summed E-state index contributed by atoms with van der Waals surface area (Å²) in [6, 6.07) is 9.37. The van der Waals surface area contributed by atoms with Crippen LogP contribution in [0.15, 0.2) is 36.5 Å². The monoisotopic (exact) mass is 369 g/mol. The van der Waals surface area contributed by atoms with Crippen LogP contribution in [0.5, 0.6) is 11.5 Å². The Hall–Kier alpha value is -2.76. The van der Waals surface area contributed by atoms with Gasteiger partial charge in [0.2, 0.25) is 5.91 Å². The first-order valence-electron chi connectivity index (χ1n) is 9.31. The van der Waals surface area contributed by atoms with Crippen molar-refractivity contribution in [2.75, 3.05) is 37.5 Å². The Morgan fingerprint density at radius 2 is 2.04 bits per heavy atom. The number of hydrogen-bond donors (Lipinski definition) is 1. The van der Waals surface area contributed by atoms with E-state index in [4.69, 9.17) is 9.47 Å². The van der Waals surface area contributed by atoms with Crippen molar-refractivity contribution in [3.63, 3.8) is 0 Å². The highest BCUT2D eigenvalue weighted by molar-refractivity contribution is 5.92. The number of carbonyl (C=O) groups is 1. The van der Waals surface area contributed by atoms with Gasteiger partial charge in [-0.1, -0.05) is 13.0 Å². The fraction of sp³-hybridized carbons (Fsp3) is 0.429. The van der Waals surface area contributed by atoms with Crippen LogP contribution >= 0.6 is 0 Å². The van der Waals surface area contributed by atoms with Crippen LogP contribution in [0, 0.1) is 5.92 Å². The standard InChI is InChI=1S/C21H27N3O3/c1-15-5-4-10-24(14-15)20-9-7-17(13-22-20)23-21(25)12-16-6-8-18(26-2)19(11-16)27-3/h6-9,11,13,15H,4-5,10,12,14H2,1-3H3,(H,23,25). The quantitative estimate of drug-likeness (QED) is 0.844. The van der Waals surface area contributed by atoms with Gasteiger partial charge in [-0.05, 0) is 48.6 Å². The van der Waals surface area contributed by atoms with E-state index in [2.05, 4.69) is 22.1 Å². The SMILES string of the molecule is COc1ccc(CC(=O)Nc2ccc(N3CCCC(C)C3)nc2)cc1OC. The molecule has 0 aliphatic carbocycles. The lowest BCUT2D eigenvalue weighted by Gasteiger charge is -2.31. The van der Waals surface area contributed by atoms with Gasteiger partial charge in [0.1, 0.15) is 5.82 Å². The van der Waals surface area contributed by atoms with Crippen molar-refractivity contribution in [3.8, 4) is 11.5 Å². The maximum absolute atomic E-state index is 12.3. The number of nitrogens with zero attached hydrogens (tertiary/aromatic N) is 2. The molecular weight excluding hydrogens is 342 g/mol. The number of aromatic nitrogens is 1. The van der Waals surface area contributed by atoms with Crippen LogP contribution in [0.1, 0.15) is 25.3 Å². The Kier molecular flexibility index (Phi) is 6.16. The van der Waals surface area contributed by atoms with Crippen molar-refractivity contribution in [1.82, 2.24) is 4.98 Å². The molecule has 0 spiro atoms. The molecule has 1 saturated heterocycles. The topological polar surface area (TPSA) is 63.7 Å². The summed E-state index contributed by atoms with van der Waals surface area (Å²) in [5, 5.41) is 2.90. The highest BCUT2D eigenvalue weighted by atomic mass is 16.5. The maximum Gasteiger partial charge on any atom is 0.228 e. The number of ether oxygens (including phenoxy) is 2. The lowest BCUT2D eigenvalue weighted by Crippen LogP contribution is -2.34. The van der Waals surface area contributed by atoms with Crippen LogP contribution in [0.3, 0.4) is 0 Å². The Morgan fingerprint density at radius 1 is 1.22 bits per heavy atom. The Balaban J connectivity index is 1.59. The van der Waals surface area contributed by atoms with Crippen molar-refractivity contribution in [2.24, 2.45) is 5.92 Å². The van der Waals surface area contributed by atoms with Crippen LogP contribution in [0.2, 0.25) is 0 Å². The van der Waals surface area contributed by atoms with Crippen molar-refractivity contribution >= 4 is 17.4 Å². The molecule has 1 aromatic heterocycles. The van der Waals surface area contributed by atoms with Gasteiger partial charge in [0.25, 0.3) is 0 Å². The van der Waals surface area contributed by atoms with E-state index < -0.39 is 0 Å². The third-order valence-electron chi connectivity index (χ3n) is 4.83. The third-order valence-corrected chi connectivity index (χ3v) is 4.83. The Morgan fingerprint density at radius 3 is 2.70 bits per heavy atom. The molecule has 1 N–H and O–H groups in total. The van der Waals surface area contributed by atoms with Gasteiger partial charge in [0.15, 0.2) is 11.5 Å². The maximum atomic E-state index is 12.3. The molecule has 1 unspecified atom stereocenters. The van der Waals surface area contributed by atoms with E-state index in [-0.39, 0.29) is 12.3 Å². The van der Waals surface area contributed by atoms with Crippen LogP contribution in [-0.2, 0) is 11.2 Å². The number of methoxy groups -OCH3 is 2. The average molecular weight is 369 g/mol. The number of anilines is 2. The number of benzene rings is 1. The summed E-state index contributed by atoms with van der Waals surface area (Å²) >= 11 is 0. The van der Waals surface area contributed by atoms with Crippen LogP contribution in [0.25, 0.3) is 0 Å². The minimum absolute atomic E-state index is 0.0941. The number of nitrogens with one attached hydrogen (secondary N) is 1. The number of piperidine rings is 1. The van der Waals surface area contributed by atoms with Gasteiger partial charge in [-0.3, -0.25) is 4.79 Å². The first kappa shape index (κ1) is 19.0.